The summed E-state index contributed by atoms with van der Waals surface area (Å²) in [6.45, 7) is 10.3. The van der Waals surface area contributed by atoms with Crippen LogP contribution >= 0.6 is 11.3 Å². The van der Waals surface area contributed by atoms with Crippen molar-refractivity contribution >= 4 is 38.0 Å². The molecule has 1 saturated carbocycles. The Morgan fingerprint density at radius 2 is 1.92 bits per heavy atom. The first kappa shape index (κ1) is 23.7. The number of halogens is 2. The van der Waals surface area contributed by atoms with Crippen LogP contribution in [0.3, 0.4) is 0 Å². The quantitative estimate of drug-likeness (QED) is 0.483. The molecule has 1 aromatic carbocycles. The van der Waals surface area contributed by atoms with Crippen LogP contribution in [-0.2, 0) is 21.8 Å². The highest BCUT2D eigenvalue weighted by molar-refractivity contribution is 7.89. The molecule has 1 aliphatic carbocycles. The highest BCUT2D eigenvalue weighted by Gasteiger charge is 2.54. The number of hydrogen-bond acceptors (Lipinski definition) is 8. The van der Waals surface area contributed by atoms with Crippen LogP contribution in [0.2, 0.25) is 0 Å². The molecular formula is C22H23F2N7O3S2. The number of fused-ring (bicyclic) bond motifs is 1. The monoisotopic (exact) mass is 535 g/mol. The average molecular weight is 536 g/mol. The third kappa shape index (κ3) is 3.85. The number of ether oxygens (including phenoxy) is 1. The molecular weight excluding hydrogens is 512 g/mol. The molecule has 2 saturated heterocycles. The Bertz CT molecular complexity index is 1490. The molecule has 2 aromatic heterocycles. The predicted octanol–water partition coefficient (Wildman–Crippen LogP) is 3.33. The molecule has 0 atom stereocenters. The van der Waals surface area contributed by atoms with Crippen molar-refractivity contribution in [3.8, 4) is 10.7 Å². The normalized spacial score (nSPS) is 20.6. The molecule has 6 rings (SSSR count). The minimum Gasteiger partial charge on any atom is -0.381 e. The fourth-order valence-electron chi connectivity index (χ4n) is 5.06. The van der Waals surface area contributed by atoms with Crippen molar-refractivity contribution in [2.45, 2.75) is 42.7 Å². The van der Waals surface area contributed by atoms with Crippen LogP contribution in [0, 0.1) is 12.0 Å². The molecule has 2 aliphatic heterocycles. The van der Waals surface area contributed by atoms with E-state index in [0.29, 0.717) is 48.3 Å². The average Bonchev–Trinajstić information content (AvgIpc) is 3.26. The Kier molecular flexibility index (Phi) is 5.35. The number of nitrogens with zero attached hydrogens (tertiary/aromatic N) is 6. The van der Waals surface area contributed by atoms with E-state index in [2.05, 4.69) is 29.8 Å². The van der Waals surface area contributed by atoms with Gasteiger partial charge in [0.05, 0.1) is 28.9 Å². The predicted molar refractivity (Wildman–Crippen MR) is 128 cm³/mol. The Balaban J connectivity index is 1.48. The van der Waals surface area contributed by atoms with Crippen molar-refractivity contribution in [2.75, 3.05) is 31.2 Å². The Morgan fingerprint density at radius 3 is 2.53 bits per heavy atom. The summed E-state index contributed by atoms with van der Waals surface area (Å²) >= 11 is 0.730. The zero-order valence-electron chi connectivity index (χ0n) is 19.4. The van der Waals surface area contributed by atoms with Crippen molar-refractivity contribution in [3.05, 3.63) is 28.6 Å². The molecule has 3 aromatic rings. The maximum atomic E-state index is 13.4. The minimum absolute atomic E-state index is 0.000649. The van der Waals surface area contributed by atoms with Gasteiger partial charge >= 0.3 is 0 Å². The fraction of sp³-hybridized carbons (Fsp3) is 0.545. The van der Waals surface area contributed by atoms with Gasteiger partial charge in [0.25, 0.3) is 12.1 Å². The maximum absolute atomic E-state index is 13.4. The summed E-state index contributed by atoms with van der Waals surface area (Å²) in [5, 5.41) is 12.3. The molecule has 1 spiro atoms. The lowest BCUT2D eigenvalue weighted by atomic mass is 9.73. The van der Waals surface area contributed by atoms with E-state index in [9.17, 15) is 17.2 Å². The molecule has 1 N–H and O–H groups in total. The van der Waals surface area contributed by atoms with E-state index in [1.54, 1.807) is 17.8 Å². The van der Waals surface area contributed by atoms with E-state index in [1.165, 1.54) is 6.07 Å². The zero-order chi connectivity index (χ0) is 25.3. The summed E-state index contributed by atoms with van der Waals surface area (Å²) in [6.07, 6.45) is 0.0404. The molecule has 10 nitrogen and oxygen atoms in total. The number of alkyl halides is 2. The second kappa shape index (κ2) is 8.14. The SMILES string of the molecule is [C-]#[N+]C1(NS(=O)(=O)c2cc(N3CC4(CCOCC4)C3)c3c(c2)c(-c2nnc(C(F)F)s2)nn3C)CC1. The van der Waals surface area contributed by atoms with E-state index >= 15 is 0 Å². The molecule has 3 aliphatic rings. The number of hydrogen-bond donors (Lipinski definition) is 1. The molecule has 190 valence electrons. The highest BCUT2D eigenvalue weighted by Crippen LogP contribution is 2.46. The molecule has 14 heteroatoms. The van der Waals surface area contributed by atoms with Crippen molar-refractivity contribution < 1.29 is 21.9 Å². The van der Waals surface area contributed by atoms with Gasteiger partial charge in [0, 0.05) is 44.2 Å². The fourth-order valence-corrected chi connectivity index (χ4v) is 7.16. The van der Waals surface area contributed by atoms with Gasteiger partial charge in [-0.25, -0.2) is 23.8 Å². The van der Waals surface area contributed by atoms with Crippen LogP contribution in [-0.4, -0.2) is 60.4 Å². The number of aryl methyl sites for hydroxylation is 1. The molecule has 3 fully saturated rings. The summed E-state index contributed by atoms with van der Waals surface area (Å²) < 4.78 is 62.8. The first-order valence-corrected chi connectivity index (χ1v) is 13.8. The first-order valence-electron chi connectivity index (χ1n) is 11.5. The Labute approximate surface area is 210 Å². The van der Waals surface area contributed by atoms with E-state index in [-0.39, 0.29) is 15.3 Å². The van der Waals surface area contributed by atoms with Gasteiger partial charge in [-0.1, -0.05) is 11.3 Å². The smallest absolute Gasteiger partial charge is 0.299 e. The lowest BCUT2D eigenvalue weighted by Gasteiger charge is -2.53. The van der Waals surface area contributed by atoms with Crippen LogP contribution < -0.4 is 9.62 Å². The number of rotatable bonds is 6. The van der Waals surface area contributed by atoms with Gasteiger partial charge in [-0.3, -0.25) is 9.53 Å². The summed E-state index contributed by atoms with van der Waals surface area (Å²) in [6, 6.07) is 3.10. The second-order valence-corrected chi connectivity index (χ2v) is 12.5. The Hall–Kier alpha value is -2.73. The second-order valence-electron chi connectivity index (χ2n) is 9.77. The molecule has 36 heavy (non-hydrogen) atoms. The standard InChI is InChI=1S/C22H23F2N7O3S2/c1-25-22(3-4-22)29-36(32,33)13-9-14-16(19-26-27-20(35-19)18(23)24)28-30(2)17(14)15(10-13)31-11-21(12-31)5-7-34-8-6-21/h9-10,18,29H,3-8,11-12H2,2H3. The molecule has 4 heterocycles. The van der Waals surface area contributed by atoms with Crippen LogP contribution in [0.4, 0.5) is 14.5 Å². The van der Waals surface area contributed by atoms with Gasteiger partial charge in [-0.15, -0.1) is 14.9 Å². The van der Waals surface area contributed by atoms with Gasteiger partial charge in [0.1, 0.15) is 5.69 Å². The third-order valence-electron chi connectivity index (χ3n) is 7.24. The summed E-state index contributed by atoms with van der Waals surface area (Å²) in [5.74, 6) is 0. The molecule has 0 bridgehead atoms. The van der Waals surface area contributed by atoms with Crippen molar-refractivity contribution in [1.82, 2.24) is 24.7 Å². The lowest BCUT2D eigenvalue weighted by Crippen LogP contribution is -2.58. The van der Waals surface area contributed by atoms with Gasteiger partial charge in [-0.05, 0) is 25.0 Å². The highest BCUT2D eigenvalue weighted by atomic mass is 32.2. The summed E-state index contributed by atoms with van der Waals surface area (Å²) in [7, 11) is -2.30. The summed E-state index contributed by atoms with van der Waals surface area (Å²) in [5.41, 5.74) is 0.707. The van der Waals surface area contributed by atoms with Crippen LogP contribution in [0.15, 0.2) is 17.0 Å². The number of benzene rings is 1. The molecule has 0 radical (unpaired) electrons. The first-order chi connectivity index (χ1) is 17.1. The number of aromatic nitrogens is 4. The number of anilines is 1. The van der Waals surface area contributed by atoms with Crippen molar-refractivity contribution in [3.63, 3.8) is 0 Å². The van der Waals surface area contributed by atoms with E-state index in [4.69, 9.17) is 11.3 Å². The van der Waals surface area contributed by atoms with Gasteiger partial charge in [-0.2, -0.15) is 5.10 Å². The van der Waals surface area contributed by atoms with Crippen molar-refractivity contribution in [1.29, 1.82) is 0 Å². The van der Waals surface area contributed by atoms with E-state index < -0.39 is 27.1 Å². The van der Waals surface area contributed by atoms with Gasteiger partial charge < -0.3 is 9.64 Å². The maximum Gasteiger partial charge on any atom is 0.299 e. The van der Waals surface area contributed by atoms with Crippen molar-refractivity contribution in [2.24, 2.45) is 12.5 Å². The van der Waals surface area contributed by atoms with Gasteiger partial charge in [0.2, 0.25) is 10.0 Å². The third-order valence-corrected chi connectivity index (χ3v) is 9.68. The summed E-state index contributed by atoms with van der Waals surface area (Å²) in [4.78, 5) is 5.60. The van der Waals surface area contributed by atoms with Gasteiger partial charge in [0.15, 0.2) is 10.0 Å². The van der Waals surface area contributed by atoms with E-state index in [0.717, 1.165) is 37.3 Å². The molecule has 0 unspecified atom stereocenters. The number of sulfonamides is 1. The van der Waals surface area contributed by atoms with E-state index in [1.807, 2.05) is 0 Å². The molecule has 0 amide bonds. The lowest BCUT2D eigenvalue weighted by molar-refractivity contribution is -0.000132. The van der Waals surface area contributed by atoms with Crippen LogP contribution in [0.25, 0.3) is 26.4 Å². The topological polar surface area (TPSA) is 107 Å². The largest absolute Gasteiger partial charge is 0.381 e. The Morgan fingerprint density at radius 1 is 1.19 bits per heavy atom. The van der Waals surface area contributed by atoms with Crippen LogP contribution in [0.1, 0.15) is 37.1 Å². The number of nitrogens with one attached hydrogen (secondary N) is 1. The zero-order valence-corrected chi connectivity index (χ0v) is 21.0. The van der Waals surface area contributed by atoms with Crippen LogP contribution in [0.5, 0.6) is 0 Å². The minimum atomic E-state index is -4.03.